The summed E-state index contributed by atoms with van der Waals surface area (Å²) in [5.41, 5.74) is 13.2. The molecule has 8 rings (SSSR count). The summed E-state index contributed by atoms with van der Waals surface area (Å²) >= 11 is 0. The van der Waals surface area contributed by atoms with Gasteiger partial charge in [0.2, 0.25) is 0 Å². The van der Waals surface area contributed by atoms with Gasteiger partial charge in [-0.15, -0.1) is 0 Å². The van der Waals surface area contributed by atoms with Crippen LogP contribution in [0.4, 0.5) is 11.4 Å². The Kier molecular flexibility index (Phi) is 20.2. The molecular weight excluding hydrogens is 883 g/mol. The van der Waals surface area contributed by atoms with Crippen molar-refractivity contribution in [2.45, 2.75) is 162 Å². The monoisotopic (exact) mass is 966 g/mol. The number of anilines is 2. The Hall–Kier alpha value is -5.94. The summed E-state index contributed by atoms with van der Waals surface area (Å²) in [6, 6.07) is 49.8. The van der Waals surface area contributed by atoms with Gasteiger partial charge in [0.25, 0.3) is 0 Å². The molecule has 0 aromatic heterocycles. The molecule has 1 saturated carbocycles. The molecule has 0 spiro atoms. The molecule has 0 radical (unpaired) electrons. The zero-order chi connectivity index (χ0) is 49.7. The molecular formula is C67H83NO4. The van der Waals surface area contributed by atoms with Gasteiger partial charge in [-0.05, 0) is 126 Å². The maximum Gasteiger partial charge on any atom is 0.130 e. The van der Waals surface area contributed by atoms with Crippen LogP contribution < -0.4 is 23.8 Å². The fourth-order valence-corrected chi connectivity index (χ4v) is 10.8. The maximum atomic E-state index is 6.56. The molecule has 2 aliphatic rings. The van der Waals surface area contributed by atoms with Crippen molar-refractivity contribution in [2.75, 3.05) is 31.3 Å². The van der Waals surface area contributed by atoms with Crippen molar-refractivity contribution in [3.8, 4) is 45.3 Å². The van der Waals surface area contributed by atoms with E-state index in [2.05, 4.69) is 172 Å². The summed E-state index contributed by atoms with van der Waals surface area (Å²) in [6.45, 7) is 11.8. The number of ether oxygens (including phenoxy) is 4. The van der Waals surface area contributed by atoms with E-state index in [4.69, 9.17) is 18.9 Å². The molecule has 2 unspecified atom stereocenters. The molecule has 0 N–H and O–H groups in total. The van der Waals surface area contributed by atoms with Gasteiger partial charge in [-0.1, -0.05) is 190 Å². The molecule has 380 valence electrons. The molecule has 1 fully saturated rings. The molecule has 5 nitrogen and oxygen atoms in total. The third kappa shape index (κ3) is 14.0. The third-order valence-electron chi connectivity index (χ3n) is 14.9. The molecule has 72 heavy (non-hydrogen) atoms. The SMILES string of the molecule is CCCCCCOc1ccc(-c2ccc(C(=Cc3ccc(N4c5ccccc5C5CCCC54)cc3)c3ccc(-c4ccc(OCCCCCC)cc4OCCCCCC)cc3)cc2)c(OCCCCCC)c1. The van der Waals surface area contributed by atoms with Crippen molar-refractivity contribution in [1.82, 2.24) is 0 Å². The summed E-state index contributed by atoms with van der Waals surface area (Å²) in [4.78, 5) is 2.61. The highest BCUT2D eigenvalue weighted by atomic mass is 16.5. The predicted octanol–water partition coefficient (Wildman–Crippen LogP) is 19.2. The summed E-state index contributed by atoms with van der Waals surface area (Å²) in [7, 11) is 0. The van der Waals surface area contributed by atoms with E-state index in [1.165, 1.54) is 124 Å². The van der Waals surface area contributed by atoms with Crippen LogP contribution in [0.1, 0.15) is 178 Å². The van der Waals surface area contributed by atoms with Crippen LogP contribution in [0, 0.1) is 0 Å². The molecule has 0 amide bonds. The second-order valence-electron chi connectivity index (χ2n) is 20.3. The van der Waals surface area contributed by atoms with Crippen molar-refractivity contribution in [3.63, 3.8) is 0 Å². The van der Waals surface area contributed by atoms with E-state index in [0.29, 0.717) is 25.2 Å². The second kappa shape index (κ2) is 27.8. The molecule has 6 aromatic rings. The lowest BCUT2D eigenvalue weighted by Gasteiger charge is -2.27. The van der Waals surface area contributed by atoms with Crippen LogP contribution in [-0.4, -0.2) is 32.5 Å². The van der Waals surface area contributed by atoms with Crippen molar-refractivity contribution >= 4 is 23.0 Å². The molecule has 6 aromatic carbocycles. The Balaban J connectivity index is 1.10. The van der Waals surface area contributed by atoms with Crippen molar-refractivity contribution < 1.29 is 18.9 Å². The highest BCUT2D eigenvalue weighted by Gasteiger charge is 2.41. The Morgan fingerprint density at radius 1 is 0.472 bits per heavy atom. The van der Waals surface area contributed by atoms with Gasteiger partial charge in [0.05, 0.1) is 26.4 Å². The number of unbranched alkanes of at least 4 members (excludes halogenated alkanes) is 12. The average Bonchev–Trinajstić information content (AvgIpc) is 4.02. The second-order valence-corrected chi connectivity index (χ2v) is 20.3. The number of rotatable bonds is 30. The third-order valence-corrected chi connectivity index (χ3v) is 14.9. The first-order valence-corrected chi connectivity index (χ1v) is 28.3. The first-order valence-electron chi connectivity index (χ1n) is 28.3. The first-order chi connectivity index (χ1) is 35.6. The Labute approximate surface area is 434 Å². The smallest absolute Gasteiger partial charge is 0.130 e. The minimum absolute atomic E-state index is 0.536. The largest absolute Gasteiger partial charge is 0.493 e. The molecule has 0 saturated heterocycles. The predicted molar refractivity (Wildman–Crippen MR) is 305 cm³/mol. The maximum absolute atomic E-state index is 6.56. The van der Waals surface area contributed by atoms with Crippen LogP contribution in [0.2, 0.25) is 0 Å². The van der Waals surface area contributed by atoms with Gasteiger partial charge in [-0.2, -0.15) is 0 Å². The number of hydrogen-bond acceptors (Lipinski definition) is 5. The van der Waals surface area contributed by atoms with Crippen LogP contribution in [0.3, 0.4) is 0 Å². The Morgan fingerprint density at radius 2 is 0.944 bits per heavy atom. The lowest BCUT2D eigenvalue weighted by atomic mass is 9.92. The lowest BCUT2D eigenvalue weighted by Crippen LogP contribution is -2.26. The summed E-state index contributed by atoms with van der Waals surface area (Å²) < 4.78 is 25.6. The van der Waals surface area contributed by atoms with E-state index in [0.717, 1.165) is 95.3 Å². The molecule has 1 heterocycles. The van der Waals surface area contributed by atoms with Gasteiger partial charge in [0.1, 0.15) is 23.0 Å². The number of nitrogens with zero attached hydrogens (tertiary/aromatic N) is 1. The zero-order valence-corrected chi connectivity index (χ0v) is 44.3. The fourth-order valence-electron chi connectivity index (χ4n) is 10.8. The van der Waals surface area contributed by atoms with Crippen LogP contribution in [0.25, 0.3) is 33.9 Å². The first kappa shape index (κ1) is 52.4. The van der Waals surface area contributed by atoms with Gasteiger partial charge in [-0.25, -0.2) is 0 Å². The zero-order valence-electron chi connectivity index (χ0n) is 44.3. The van der Waals surface area contributed by atoms with Crippen molar-refractivity contribution in [1.29, 1.82) is 0 Å². The topological polar surface area (TPSA) is 40.2 Å². The molecule has 0 bridgehead atoms. The van der Waals surface area contributed by atoms with Crippen LogP contribution in [0.15, 0.2) is 133 Å². The minimum Gasteiger partial charge on any atom is -0.493 e. The summed E-state index contributed by atoms with van der Waals surface area (Å²) in [5.74, 6) is 4.15. The average molecular weight is 966 g/mol. The fraction of sp³-hybridized carbons (Fsp3) is 0.433. The van der Waals surface area contributed by atoms with E-state index < -0.39 is 0 Å². The standard InChI is InChI=1S/C67H83NO4/c1-5-9-13-19-44-69-57-40-42-59(66(49-57)71-46-21-15-11-7-3)52-30-34-54(35-31-52)63(48-51-28-38-56(39-29-51)68-64-26-18-17-24-61(64)62-25-23-27-65(62)68)55-36-32-53(33-37-55)60-43-41-58(70-45-20-14-10-6-2)50-67(60)72-47-22-16-12-8-4/h17-18,24,26,28-43,48-50,62,65H,5-16,19-23,25,27,44-47H2,1-4H3. The summed E-state index contributed by atoms with van der Waals surface area (Å²) in [6.07, 6.45) is 24.9. The van der Waals surface area contributed by atoms with E-state index in [9.17, 15) is 0 Å². The number of para-hydroxylation sites is 1. The quantitative estimate of drug-likeness (QED) is 0.0332. The number of fused-ring (bicyclic) bond motifs is 3. The van der Waals surface area contributed by atoms with Gasteiger partial charge in [-0.3, -0.25) is 0 Å². The normalized spacial score (nSPS) is 14.8. The highest BCUT2D eigenvalue weighted by Crippen LogP contribution is 2.52. The van der Waals surface area contributed by atoms with Gasteiger partial charge in [0.15, 0.2) is 0 Å². The molecule has 1 aliphatic carbocycles. The Bertz CT molecular complexity index is 2460. The highest BCUT2D eigenvalue weighted by molar-refractivity contribution is 5.93. The van der Waals surface area contributed by atoms with Crippen LogP contribution >= 0.6 is 0 Å². The van der Waals surface area contributed by atoms with Gasteiger partial charge < -0.3 is 23.8 Å². The number of hydrogen-bond donors (Lipinski definition) is 0. The Morgan fingerprint density at radius 3 is 1.43 bits per heavy atom. The van der Waals surface area contributed by atoms with Crippen molar-refractivity contribution in [3.05, 3.63) is 156 Å². The van der Waals surface area contributed by atoms with Gasteiger partial charge >= 0.3 is 0 Å². The van der Waals surface area contributed by atoms with E-state index >= 15 is 0 Å². The molecule has 2 atom stereocenters. The van der Waals surface area contributed by atoms with Crippen LogP contribution in [-0.2, 0) is 0 Å². The summed E-state index contributed by atoms with van der Waals surface area (Å²) in [5, 5.41) is 0. The van der Waals surface area contributed by atoms with Gasteiger partial charge in [0, 0.05) is 46.6 Å². The molecule has 1 aliphatic heterocycles. The van der Waals surface area contributed by atoms with E-state index in [-0.39, 0.29) is 0 Å². The number of benzene rings is 6. The van der Waals surface area contributed by atoms with E-state index in [1.807, 2.05) is 0 Å². The van der Waals surface area contributed by atoms with Crippen molar-refractivity contribution in [2.24, 2.45) is 0 Å². The molecule has 5 heteroatoms. The van der Waals surface area contributed by atoms with Crippen LogP contribution in [0.5, 0.6) is 23.0 Å². The lowest BCUT2D eigenvalue weighted by molar-refractivity contribution is 0.291. The minimum atomic E-state index is 0.536. The van der Waals surface area contributed by atoms with E-state index in [1.54, 1.807) is 0 Å².